The van der Waals surface area contributed by atoms with Crippen molar-refractivity contribution in [2.24, 2.45) is 0 Å². The van der Waals surface area contributed by atoms with Crippen molar-refractivity contribution < 1.29 is 29.9 Å². The van der Waals surface area contributed by atoms with Crippen LogP contribution in [-0.4, -0.2) is 58.6 Å². The van der Waals surface area contributed by atoms with Crippen molar-refractivity contribution >= 4 is 0 Å². The van der Waals surface area contributed by atoms with Crippen LogP contribution in [0.1, 0.15) is 28.4 Å². The zero-order valence-electron chi connectivity index (χ0n) is 16.5. The Bertz CT molecular complexity index is 978. The number of hydrogen-bond donors (Lipinski definition) is 4. The molecule has 0 aromatic heterocycles. The van der Waals surface area contributed by atoms with Gasteiger partial charge in [-0.3, -0.25) is 0 Å². The van der Waals surface area contributed by atoms with Crippen LogP contribution < -0.4 is 0 Å². The quantitative estimate of drug-likeness (QED) is 0.558. The number of hydrogen-bond acceptors (Lipinski definition) is 6. The second-order valence-electron chi connectivity index (χ2n) is 7.01. The van der Waals surface area contributed by atoms with Gasteiger partial charge in [-0.2, -0.15) is 0 Å². The monoisotopic (exact) mass is 408 g/mol. The van der Waals surface area contributed by atoms with Gasteiger partial charge in [0.05, 0.1) is 13.2 Å². The third kappa shape index (κ3) is 5.27. The van der Waals surface area contributed by atoms with Crippen LogP contribution in [0.25, 0.3) is 0 Å². The van der Waals surface area contributed by atoms with Crippen molar-refractivity contribution in [3.8, 4) is 23.7 Å². The Morgan fingerprint density at radius 2 is 1.57 bits per heavy atom. The number of aliphatic hydroxyl groups excluding tert-OH is 4. The van der Waals surface area contributed by atoms with Crippen molar-refractivity contribution in [2.45, 2.75) is 37.1 Å². The predicted octanol–water partition coefficient (Wildman–Crippen LogP) is 0.751. The van der Waals surface area contributed by atoms with E-state index in [1.54, 1.807) is 31.4 Å². The van der Waals surface area contributed by atoms with E-state index in [9.17, 15) is 20.4 Å². The van der Waals surface area contributed by atoms with E-state index in [0.29, 0.717) is 17.7 Å². The standard InChI is InChI=1S/C24H24O6/c1-29-15-18-10-4-8-16(12-18)6-2-3-7-17-9-5-11-19(13-17)24-23(28)22(27)21(26)20(14-25)30-24/h4-5,8-13,20-28H,14-15H2,1H3/t20-,21-,22+,23+,24?/m1/s1. The van der Waals surface area contributed by atoms with Gasteiger partial charge in [-0.15, -0.1) is 0 Å². The van der Waals surface area contributed by atoms with Gasteiger partial charge >= 0.3 is 0 Å². The highest BCUT2D eigenvalue weighted by Crippen LogP contribution is 2.32. The third-order valence-electron chi connectivity index (χ3n) is 4.82. The number of ether oxygens (including phenoxy) is 2. The molecule has 0 saturated carbocycles. The summed E-state index contributed by atoms with van der Waals surface area (Å²) in [6, 6.07) is 14.7. The summed E-state index contributed by atoms with van der Waals surface area (Å²) in [5.74, 6) is 11.6. The Labute approximate surface area is 175 Å². The molecule has 1 saturated heterocycles. The summed E-state index contributed by atoms with van der Waals surface area (Å²) in [4.78, 5) is 0. The number of methoxy groups -OCH3 is 1. The van der Waals surface area contributed by atoms with E-state index in [-0.39, 0.29) is 0 Å². The van der Waals surface area contributed by atoms with E-state index >= 15 is 0 Å². The molecule has 0 radical (unpaired) electrons. The second-order valence-corrected chi connectivity index (χ2v) is 7.01. The van der Waals surface area contributed by atoms with Crippen LogP contribution in [0.15, 0.2) is 48.5 Å². The minimum Gasteiger partial charge on any atom is -0.394 e. The van der Waals surface area contributed by atoms with E-state index in [4.69, 9.17) is 9.47 Å². The predicted molar refractivity (Wildman–Crippen MR) is 110 cm³/mol. The molecule has 2 aromatic carbocycles. The first-order valence-electron chi connectivity index (χ1n) is 9.54. The van der Waals surface area contributed by atoms with Gasteiger partial charge in [0.15, 0.2) is 0 Å². The van der Waals surface area contributed by atoms with Gasteiger partial charge in [0.25, 0.3) is 0 Å². The third-order valence-corrected chi connectivity index (χ3v) is 4.82. The number of rotatable bonds is 4. The molecule has 0 amide bonds. The molecule has 30 heavy (non-hydrogen) atoms. The maximum absolute atomic E-state index is 10.3. The van der Waals surface area contributed by atoms with Gasteiger partial charge in [0.1, 0.15) is 30.5 Å². The molecule has 0 bridgehead atoms. The summed E-state index contributed by atoms with van der Waals surface area (Å²) in [6.45, 7) is 0.0497. The molecule has 1 aliphatic heterocycles. The first-order valence-corrected chi connectivity index (χ1v) is 9.54. The molecule has 1 aliphatic rings. The molecular formula is C24H24O6. The van der Waals surface area contributed by atoms with Crippen LogP contribution in [0.5, 0.6) is 0 Å². The molecule has 2 aromatic rings. The minimum absolute atomic E-state index is 0.470. The van der Waals surface area contributed by atoms with Crippen molar-refractivity contribution in [2.75, 3.05) is 13.7 Å². The van der Waals surface area contributed by atoms with Gasteiger partial charge in [-0.25, -0.2) is 0 Å². The molecule has 0 spiro atoms. The van der Waals surface area contributed by atoms with Gasteiger partial charge in [-0.05, 0) is 47.2 Å². The lowest BCUT2D eigenvalue weighted by molar-refractivity contribution is -0.231. The first-order chi connectivity index (χ1) is 14.5. The van der Waals surface area contributed by atoms with Crippen molar-refractivity contribution in [1.29, 1.82) is 0 Å². The minimum atomic E-state index is -1.42. The summed E-state index contributed by atoms with van der Waals surface area (Å²) in [5.41, 5.74) is 3.12. The van der Waals surface area contributed by atoms with Gasteiger partial charge in [0.2, 0.25) is 0 Å². The molecule has 1 unspecified atom stereocenters. The van der Waals surface area contributed by atoms with E-state index < -0.39 is 37.1 Å². The Kier molecular flexibility index (Phi) is 7.62. The molecule has 6 nitrogen and oxygen atoms in total. The van der Waals surface area contributed by atoms with E-state index in [1.807, 2.05) is 24.3 Å². The molecule has 0 aliphatic carbocycles. The smallest absolute Gasteiger partial charge is 0.113 e. The zero-order valence-corrected chi connectivity index (χ0v) is 16.5. The Balaban J connectivity index is 1.75. The van der Waals surface area contributed by atoms with Gasteiger partial charge < -0.3 is 29.9 Å². The van der Waals surface area contributed by atoms with Crippen LogP contribution in [0.4, 0.5) is 0 Å². The molecule has 5 atom stereocenters. The summed E-state index contributed by atoms with van der Waals surface area (Å²) < 4.78 is 10.7. The summed E-state index contributed by atoms with van der Waals surface area (Å²) in [5, 5.41) is 39.5. The average Bonchev–Trinajstić information content (AvgIpc) is 2.76. The fourth-order valence-corrected chi connectivity index (χ4v) is 3.28. The van der Waals surface area contributed by atoms with Gasteiger partial charge in [-0.1, -0.05) is 36.1 Å². The Morgan fingerprint density at radius 3 is 2.23 bits per heavy atom. The highest BCUT2D eigenvalue weighted by atomic mass is 16.5. The molecule has 1 heterocycles. The Hall–Kier alpha value is -2.68. The maximum Gasteiger partial charge on any atom is 0.113 e. The largest absolute Gasteiger partial charge is 0.394 e. The van der Waals surface area contributed by atoms with E-state index in [0.717, 1.165) is 11.1 Å². The lowest BCUT2D eigenvalue weighted by Crippen LogP contribution is -2.55. The SMILES string of the molecule is COCc1cccc(C#CC#Cc2cccc(C3O[C@H](CO)[C@@H](O)[C@H](O)[C@@H]3O)c2)c1. The maximum atomic E-state index is 10.3. The van der Waals surface area contributed by atoms with Crippen LogP contribution in [-0.2, 0) is 16.1 Å². The van der Waals surface area contributed by atoms with E-state index in [1.165, 1.54) is 0 Å². The summed E-state index contributed by atoms with van der Waals surface area (Å²) in [6.07, 6.45) is -5.98. The first kappa shape index (κ1) is 22.0. The Morgan fingerprint density at radius 1 is 0.900 bits per heavy atom. The van der Waals surface area contributed by atoms with Crippen LogP contribution in [0.3, 0.4) is 0 Å². The lowest BCUT2D eigenvalue weighted by Gasteiger charge is -2.40. The normalized spacial score (nSPS) is 25.6. The topological polar surface area (TPSA) is 99.4 Å². The summed E-state index contributed by atoms with van der Waals surface area (Å²) in [7, 11) is 1.64. The number of aliphatic hydroxyl groups is 4. The van der Waals surface area contributed by atoms with Crippen LogP contribution >= 0.6 is 0 Å². The summed E-state index contributed by atoms with van der Waals surface area (Å²) >= 11 is 0. The van der Waals surface area contributed by atoms with E-state index in [2.05, 4.69) is 23.7 Å². The van der Waals surface area contributed by atoms with Crippen LogP contribution in [0, 0.1) is 23.7 Å². The molecule has 1 fully saturated rings. The highest BCUT2D eigenvalue weighted by molar-refractivity contribution is 5.46. The lowest BCUT2D eigenvalue weighted by atomic mass is 9.91. The molecule has 3 rings (SSSR count). The van der Waals surface area contributed by atoms with Crippen molar-refractivity contribution in [3.63, 3.8) is 0 Å². The molecule has 4 N–H and O–H groups in total. The van der Waals surface area contributed by atoms with Crippen molar-refractivity contribution in [1.82, 2.24) is 0 Å². The zero-order chi connectivity index (χ0) is 21.5. The average molecular weight is 408 g/mol. The molecule has 6 heteroatoms. The second kappa shape index (κ2) is 10.4. The van der Waals surface area contributed by atoms with Gasteiger partial charge in [0, 0.05) is 18.2 Å². The number of benzene rings is 2. The fraction of sp³-hybridized carbons (Fsp3) is 0.333. The fourth-order valence-electron chi connectivity index (χ4n) is 3.28. The molecular weight excluding hydrogens is 384 g/mol. The molecule has 156 valence electrons. The van der Waals surface area contributed by atoms with Crippen LogP contribution in [0.2, 0.25) is 0 Å². The highest BCUT2D eigenvalue weighted by Gasteiger charge is 2.43. The van der Waals surface area contributed by atoms with Crippen molar-refractivity contribution in [3.05, 3.63) is 70.8 Å².